The van der Waals surface area contributed by atoms with E-state index >= 15 is 0 Å². The fourth-order valence-corrected chi connectivity index (χ4v) is 4.03. The molecule has 0 spiro atoms. The molecule has 1 aromatic rings. The van der Waals surface area contributed by atoms with Crippen molar-refractivity contribution in [2.45, 2.75) is 42.4 Å². The largest absolute Gasteiger partial charge is 0.396 e. The second-order valence-electron chi connectivity index (χ2n) is 5.02. The summed E-state index contributed by atoms with van der Waals surface area (Å²) in [4.78, 5) is -0.0193. The maximum absolute atomic E-state index is 13.1. The monoisotopic (exact) mass is 286 g/mol. The van der Waals surface area contributed by atoms with Gasteiger partial charge >= 0.3 is 0 Å². The fourth-order valence-electron chi connectivity index (χ4n) is 2.72. The summed E-state index contributed by atoms with van der Waals surface area (Å²) in [6.07, 6.45) is 2.68. The summed E-state index contributed by atoms with van der Waals surface area (Å²) >= 11 is 0. The average molecular weight is 286 g/mol. The topological polar surface area (TPSA) is 81.4 Å². The van der Waals surface area contributed by atoms with Crippen molar-refractivity contribution < 1.29 is 17.5 Å². The van der Waals surface area contributed by atoms with Crippen LogP contribution in [-0.2, 0) is 14.8 Å². The summed E-state index contributed by atoms with van der Waals surface area (Å²) in [5, 5.41) is 0. The third-order valence-corrected chi connectivity index (χ3v) is 5.18. The number of ether oxygens (including phenoxy) is 1. The fraction of sp³-hybridized carbons (Fsp3) is 0.500. The lowest BCUT2D eigenvalue weighted by atomic mass is 9.96. The van der Waals surface area contributed by atoms with Gasteiger partial charge in [-0.15, -0.1) is 0 Å². The number of nitrogens with one attached hydrogen (secondary N) is 1. The number of hydrogen-bond donors (Lipinski definition) is 2. The molecule has 0 radical (unpaired) electrons. The van der Waals surface area contributed by atoms with Crippen molar-refractivity contribution in [2.24, 2.45) is 0 Å². The summed E-state index contributed by atoms with van der Waals surface area (Å²) in [7, 11) is -3.68. The molecule has 3 atom stereocenters. The Labute approximate surface area is 111 Å². The molecule has 7 heteroatoms. The number of nitrogens with two attached hydrogens (primary N) is 1. The summed E-state index contributed by atoms with van der Waals surface area (Å²) < 4.78 is 45.6. The summed E-state index contributed by atoms with van der Waals surface area (Å²) in [6.45, 7) is 0. The number of hydrogen-bond acceptors (Lipinski definition) is 4. The van der Waals surface area contributed by atoms with E-state index in [1.165, 1.54) is 6.07 Å². The highest BCUT2D eigenvalue weighted by Crippen LogP contribution is 2.35. The van der Waals surface area contributed by atoms with E-state index in [9.17, 15) is 12.8 Å². The van der Waals surface area contributed by atoms with Gasteiger partial charge in [0.05, 0.1) is 28.8 Å². The van der Waals surface area contributed by atoms with E-state index in [0.717, 1.165) is 25.0 Å². The third-order valence-electron chi connectivity index (χ3n) is 3.69. The number of benzene rings is 1. The molecule has 0 saturated carbocycles. The molecule has 2 aliphatic rings. The molecule has 19 heavy (non-hydrogen) atoms. The first kappa shape index (κ1) is 12.8. The zero-order valence-corrected chi connectivity index (χ0v) is 11.0. The molecule has 104 valence electrons. The van der Waals surface area contributed by atoms with Crippen molar-refractivity contribution in [3.8, 4) is 0 Å². The van der Waals surface area contributed by atoms with Crippen LogP contribution >= 0.6 is 0 Å². The van der Waals surface area contributed by atoms with E-state index in [0.29, 0.717) is 6.42 Å². The molecular weight excluding hydrogens is 271 g/mol. The molecule has 0 aliphatic carbocycles. The van der Waals surface area contributed by atoms with Crippen molar-refractivity contribution in [3.63, 3.8) is 0 Å². The molecule has 2 bridgehead atoms. The zero-order chi connectivity index (χ0) is 13.6. The van der Waals surface area contributed by atoms with Gasteiger partial charge in [0.15, 0.2) is 0 Å². The molecule has 2 fully saturated rings. The van der Waals surface area contributed by atoms with E-state index in [1.807, 2.05) is 0 Å². The van der Waals surface area contributed by atoms with E-state index in [4.69, 9.17) is 10.5 Å². The maximum atomic E-state index is 13.1. The Morgan fingerprint density at radius 1 is 1.37 bits per heavy atom. The number of fused-ring (bicyclic) bond motifs is 2. The SMILES string of the molecule is Nc1cc(S(=O)(=O)NC2CC3CCC2O3)ccc1F. The molecule has 2 saturated heterocycles. The van der Waals surface area contributed by atoms with Gasteiger partial charge in [0, 0.05) is 0 Å². The van der Waals surface area contributed by atoms with E-state index in [2.05, 4.69) is 4.72 Å². The van der Waals surface area contributed by atoms with E-state index in [1.54, 1.807) is 0 Å². The predicted octanol–water partition coefficient (Wildman–Crippen LogP) is 1.01. The molecule has 0 aromatic heterocycles. The van der Waals surface area contributed by atoms with Crippen molar-refractivity contribution >= 4 is 15.7 Å². The number of halogens is 1. The average Bonchev–Trinajstić information content (AvgIpc) is 2.94. The lowest BCUT2D eigenvalue weighted by molar-refractivity contribution is 0.0996. The second-order valence-corrected chi connectivity index (χ2v) is 6.73. The standard InChI is InChI=1S/C12H15FN2O3S/c13-9-3-2-8(6-10(9)14)19(16,17)15-11-5-7-1-4-12(11)18-7/h2-3,6-7,11-12,15H,1,4-5,14H2. The van der Waals surface area contributed by atoms with Crippen molar-refractivity contribution in [1.29, 1.82) is 0 Å². The van der Waals surface area contributed by atoms with Gasteiger partial charge in [-0.05, 0) is 37.5 Å². The van der Waals surface area contributed by atoms with Crippen LogP contribution in [0.15, 0.2) is 23.1 Å². The lowest BCUT2D eigenvalue weighted by Crippen LogP contribution is -2.41. The molecule has 0 amide bonds. The molecule has 2 aliphatic heterocycles. The summed E-state index contributed by atoms with van der Waals surface area (Å²) in [6, 6.07) is 3.20. The third kappa shape index (κ3) is 2.33. The summed E-state index contributed by atoms with van der Waals surface area (Å²) in [5.74, 6) is -0.623. The van der Waals surface area contributed by atoms with Gasteiger partial charge in [-0.1, -0.05) is 0 Å². The molecule has 3 rings (SSSR count). The van der Waals surface area contributed by atoms with Crippen LogP contribution in [0.25, 0.3) is 0 Å². The number of sulfonamides is 1. The Kier molecular flexibility index (Phi) is 2.99. The van der Waals surface area contributed by atoms with Crippen molar-refractivity contribution in [1.82, 2.24) is 4.72 Å². The lowest BCUT2D eigenvalue weighted by Gasteiger charge is -2.20. The van der Waals surface area contributed by atoms with E-state index in [-0.39, 0.29) is 28.8 Å². The normalized spacial score (nSPS) is 29.8. The molecule has 3 unspecified atom stereocenters. The van der Waals surface area contributed by atoms with E-state index < -0.39 is 15.8 Å². The Morgan fingerprint density at radius 2 is 2.16 bits per heavy atom. The molecule has 5 nitrogen and oxygen atoms in total. The Balaban J connectivity index is 1.80. The van der Waals surface area contributed by atoms with Crippen LogP contribution in [0.5, 0.6) is 0 Å². The van der Waals surface area contributed by atoms with Crippen LogP contribution in [0.4, 0.5) is 10.1 Å². The van der Waals surface area contributed by atoms with Gasteiger partial charge in [0.25, 0.3) is 0 Å². The first-order valence-electron chi connectivity index (χ1n) is 6.18. The quantitative estimate of drug-likeness (QED) is 0.812. The minimum atomic E-state index is -3.68. The van der Waals surface area contributed by atoms with Crippen molar-refractivity contribution in [2.75, 3.05) is 5.73 Å². The highest BCUT2D eigenvalue weighted by atomic mass is 32.2. The molecule has 3 N–H and O–H groups in total. The number of anilines is 1. The second kappa shape index (κ2) is 4.43. The summed E-state index contributed by atoms with van der Waals surface area (Å²) in [5.41, 5.74) is 5.22. The zero-order valence-electron chi connectivity index (χ0n) is 10.2. The van der Waals surface area contributed by atoms with Crippen LogP contribution < -0.4 is 10.5 Å². The predicted molar refractivity (Wildman–Crippen MR) is 67.4 cm³/mol. The first-order chi connectivity index (χ1) is 8.95. The minimum absolute atomic E-state index is 0.0193. The van der Waals surface area contributed by atoms with Gasteiger partial charge < -0.3 is 10.5 Å². The number of rotatable bonds is 3. The van der Waals surface area contributed by atoms with Gasteiger partial charge in [-0.3, -0.25) is 0 Å². The number of nitrogen functional groups attached to an aromatic ring is 1. The Morgan fingerprint density at radius 3 is 2.74 bits per heavy atom. The molecular formula is C12H15FN2O3S. The van der Waals surface area contributed by atoms with Crippen molar-refractivity contribution in [3.05, 3.63) is 24.0 Å². The Hall–Kier alpha value is -1.18. The van der Waals surface area contributed by atoms with Crippen LogP contribution in [0.3, 0.4) is 0 Å². The van der Waals surface area contributed by atoms with Gasteiger partial charge in [0.2, 0.25) is 10.0 Å². The highest BCUT2D eigenvalue weighted by molar-refractivity contribution is 7.89. The molecule has 2 heterocycles. The van der Waals surface area contributed by atoms with Crippen LogP contribution in [-0.4, -0.2) is 26.7 Å². The van der Waals surface area contributed by atoms with Gasteiger partial charge in [-0.25, -0.2) is 17.5 Å². The van der Waals surface area contributed by atoms with Crippen LogP contribution in [0, 0.1) is 5.82 Å². The molecule has 1 aromatic carbocycles. The minimum Gasteiger partial charge on any atom is -0.396 e. The van der Waals surface area contributed by atoms with Gasteiger partial charge in [-0.2, -0.15) is 0 Å². The Bertz CT molecular complexity index is 605. The van der Waals surface area contributed by atoms with Crippen LogP contribution in [0.1, 0.15) is 19.3 Å². The van der Waals surface area contributed by atoms with Gasteiger partial charge in [0.1, 0.15) is 5.82 Å². The first-order valence-corrected chi connectivity index (χ1v) is 7.67. The smallest absolute Gasteiger partial charge is 0.240 e. The van der Waals surface area contributed by atoms with Crippen LogP contribution in [0.2, 0.25) is 0 Å². The highest BCUT2D eigenvalue weighted by Gasteiger charge is 2.42. The maximum Gasteiger partial charge on any atom is 0.240 e.